The number of hydrogen-bond donors (Lipinski definition) is 2. The average Bonchev–Trinajstić information content (AvgIpc) is 2.71. The Morgan fingerprint density at radius 1 is 1.53 bits per heavy atom. The zero-order valence-electron chi connectivity index (χ0n) is 10.6. The molecule has 8 heteroatoms. The van der Waals surface area contributed by atoms with E-state index in [1.807, 2.05) is 0 Å². The summed E-state index contributed by atoms with van der Waals surface area (Å²) < 4.78 is 38.1. The quantitative estimate of drug-likeness (QED) is 0.832. The second kappa shape index (κ2) is 6.05. The molecule has 0 saturated carbocycles. The van der Waals surface area contributed by atoms with Gasteiger partial charge in [-0.25, -0.2) is 0 Å². The summed E-state index contributed by atoms with van der Waals surface area (Å²) in [6.07, 6.45) is -2.67. The standard InChI is InChI=1S/C11H16F3N3O2/c1-7(2)16-9(10(18)19)3-4-17-6-8(5-15-17)11(12,13)14/h5-7,9,16H,3-4H2,1-2H3,(H,18,19). The van der Waals surface area contributed by atoms with Crippen molar-refractivity contribution in [1.29, 1.82) is 0 Å². The SMILES string of the molecule is CC(C)NC(CCn1cc(C(F)(F)F)cn1)C(=O)O. The molecule has 1 unspecified atom stereocenters. The molecule has 1 rings (SSSR count). The molecule has 0 saturated heterocycles. The van der Waals surface area contributed by atoms with Gasteiger partial charge in [0.15, 0.2) is 0 Å². The Kier molecular flexibility index (Phi) is 4.93. The van der Waals surface area contributed by atoms with Crippen LogP contribution in [0.15, 0.2) is 12.4 Å². The summed E-state index contributed by atoms with van der Waals surface area (Å²) in [6, 6.07) is -0.831. The van der Waals surface area contributed by atoms with Gasteiger partial charge >= 0.3 is 12.1 Å². The lowest BCUT2D eigenvalue weighted by Crippen LogP contribution is -2.41. The maximum absolute atomic E-state index is 12.3. The van der Waals surface area contributed by atoms with Crippen LogP contribution in [-0.4, -0.2) is 32.9 Å². The number of aliphatic carboxylic acids is 1. The first-order valence-electron chi connectivity index (χ1n) is 5.78. The van der Waals surface area contributed by atoms with Crippen LogP contribution in [0.5, 0.6) is 0 Å². The minimum atomic E-state index is -4.43. The molecule has 0 aliphatic carbocycles. The highest BCUT2D eigenvalue weighted by molar-refractivity contribution is 5.73. The smallest absolute Gasteiger partial charge is 0.419 e. The molecule has 0 aliphatic rings. The third kappa shape index (κ3) is 4.90. The topological polar surface area (TPSA) is 67.2 Å². The number of carboxylic acid groups (broad SMARTS) is 1. The van der Waals surface area contributed by atoms with Crippen LogP contribution < -0.4 is 5.32 Å². The number of aryl methyl sites for hydroxylation is 1. The molecule has 108 valence electrons. The second-order valence-electron chi connectivity index (χ2n) is 4.49. The predicted octanol–water partition coefficient (Wildman–Crippen LogP) is 1.74. The Labute approximate surface area is 108 Å². The Morgan fingerprint density at radius 3 is 2.58 bits per heavy atom. The highest BCUT2D eigenvalue weighted by Crippen LogP contribution is 2.28. The van der Waals surface area contributed by atoms with Crippen molar-refractivity contribution in [1.82, 2.24) is 15.1 Å². The molecule has 0 spiro atoms. The predicted molar refractivity (Wildman–Crippen MR) is 61.5 cm³/mol. The van der Waals surface area contributed by atoms with Gasteiger partial charge in [0.1, 0.15) is 6.04 Å². The van der Waals surface area contributed by atoms with Crippen LogP contribution in [0.1, 0.15) is 25.8 Å². The average molecular weight is 279 g/mol. The van der Waals surface area contributed by atoms with Crippen molar-refractivity contribution < 1.29 is 23.1 Å². The zero-order chi connectivity index (χ0) is 14.6. The van der Waals surface area contributed by atoms with Crippen LogP contribution in [0.3, 0.4) is 0 Å². The van der Waals surface area contributed by atoms with Crippen LogP contribution in [0, 0.1) is 0 Å². The lowest BCUT2D eigenvalue weighted by atomic mass is 10.2. The maximum Gasteiger partial charge on any atom is 0.419 e. The first kappa shape index (κ1) is 15.5. The molecule has 1 atom stereocenters. The Balaban J connectivity index is 2.60. The fourth-order valence-electron chi connectivity index (χ4n) is 1.57. The van der Waals surface area contributed by atoms with E-state index in [2.05, 4.69) is 10.4 Å². The third-order valence-electron chi connectivity index (χ3n) is 2.44. The molecule has 0 aliphatic heterocycles. The van der Waals surface area contributed by atoms with E-state index in [0.717, 1.165) is 17.1 Å². The summed E-state index contributed by atoms with van der Waals surface area (Å²) in [5.74, 6) is -1.03. The van der Waals surface area contributed by atoms with Gasteiger partial charge < -0.3 is 10.4 Å². The van der Waals surface area contributed by atoms with E-state index in [9.17, 15) is 18.0 Å². The minimum Gasteiger partial charge on any atom is -0.480 e. The molecule has 0 amide bonds. The molecule has 5 nitrogen and oxygen atoms in total. The molecule has 1 heterocycles. The number of nitrogens with zero attached hydrogens (tertiary/aromatic N) is 2. The lowest BCUT2D eigenvalue weighted by Gasteiger charge is -2.17. The minimum absolute atomic E-state index is 0.0237. The number of hydrogen-bond acceptors (Lipinski definition) is 3. The lowest BCUT2D eigenvalue weighted by molar-refractivity contribution is -0.140. The Hall–Kier alpha value is -1.57. The van der Waals surface area contributed by atoms with Gasteiger partial charge in [0.25, 0.3) is 0 Å². The summed E-state index contributed by atoms with van der Waals surface area (Å²) in [4.78, 5) is 10.9. The largest absolute Gasteiger partial charge is 0.480 e. The van der Waals surface area contributed by atoms with Crippen molar-refractivity contribution >= 4 is 5.97 Å². The van der Waals surface area contributed by atoms with E-state index in [1.54, 1.807) is 13.8 Å². The van der Waals surface area contributed by atoms with Crippen LogP contribution in [0.4, 0.5) is 13.2 Å². The normalized spacial score (nSPS) is 13.8. The fourth-order valence-corrected chi connectivity index (χ4v) is 1.57. The van der Waals surface area contributed by atoms with Gasteiger partial charge in [-0.05, 0) is 6.42 Å². The van der Waals surface area contributed by atoms with Gasteiger partial charge in [0.2, 0.25) is 0 Å². The summed E-state index contributed by atoms with van der Waals surface area (Å²) in [6.45, 7) is 3.70. The number of rotatable bonds is 6. The molecule has 2 N–H and O–H groups in total. The molecule has 1 aromatic rings. The number of halogens is 3. The van der Waals surface area contributed by atoms with E-state index in [4.69, 9.17) is 5.11 Å². The number of aromatic nitrogens is 2. The number of carboxylic acids is 1. The zero-order valence-corrected chi connectivity index (χ0v) is 10.6. The van der Waals surface area contributed by atoms with Gasteiger partial charge in [0, 0.05) is 18.8 Å². The number of carbonyl (C=O) groups is 1. The molecule has 0 bridgehead atoms. The van der Waals surface area contributed by atoms with Crippen molar-refractivity contribution in [3.63, 3.8) is 0 Å². The van der Waals surface area contributed by atoms with E-state index in [1.165, 1.54) is 0 Å². The van der Waals surface area contributed by atoms with Crippen LogP contribution >= 0.6 is 0 Å². The van der Waals surface area contributed by atoms with Crippen molar-refractivity contribution in [2.24, 2.45) is 0 Å². The molecular formula is C11H16F3N3O2. The van der Waals surface area contributed by atoms with Gasteiger partial charge in [0.05, 0.1) is 11.8 Å². The molecule has 0 fully saturated rings. The Bertz CT molecular complexity index is 429. The fraction of sp³-hybridized carbons (Fsp3) is 0.636. The second-order valence-corrected chi connectivity index (χ2v) is 4.49. The summed E-state index contributed by atoms with van der Waals surface area (Å²) in [7, 11) is 0. The summed E-state index contributed by atoms with van der Waals surface area (Å²) in [5, 5.41) is 15.4. The third-order valence-corrected chi connectivity index (χ3v) is 2.44. The van der Waals surface area contributed by atoms with Gasteiger partial charge in [-0.3, -0.25) is 9.48 Å². The van der Waals surface area contributed by atoms with E-state index < -0.39 is 23.8 Å². The van der Waals surface area contributed by atoms with Crippen molar-refractivity contribution in [3.05, 3.63) is 18.0 Å². The summed E-state index contributed by atoms with van der Waals surface area (Å²) in [5.41, 5.74) is -0.837. The van der Waals surface area contributed by atoms with Gasteiger partial charge in [-0.15, -0.1) is 0 Å². The molecular weight excluding hydrogens is 263 g/mol. The monoisotopic (exact) mass is 279 g/mol. The molecule has 19 heavy (non-hydrogen) atoms. The van der Waals surface area contributed by atoms with E-state index in [-0.39, 0.29) is 19.0 Å². The number of nitrogens with one attached hydrogen (secondary N) is 1. The highest BCUT2D eigenvalue weighted by Gasteiger charge is 2.32. The van der Waals surface area contributed by atoms with E-state index in [0.29, 0.717) is 0 Å². The highest BCUT2D eigenvalue weighted by atomic mass is 19.4. The molecule has 0 aromatic carbocycles. The maximum atomic E-state index is 12.3. The van der Waals surface area contributed by atoms with Crippen molar-refractivity contribution in [2.75, 3.05) is 0 Å². The van der Waals surface area contributed by atoms with Crippen LogP contribution in [-0.2, 0) is 17.5 Å². The Morgan fingerprint density at radius 2 is 2.16 bits per heavy atom. The van der Waals surface area contributed by atoms with Crippen molar-refractivity contribution in [2.45, 2.75) is 45.1 Å². The van der Waals surface area contributed by atoms with E-state index >= 15 is 0 Å². The van der Waals surface area contributed by atoms with Crippen LogP contribution in [0.25, 0.3) is 0 Å². The van der Waals surface area contributed by atoms with Crippen LogP contribution in [0.2, 0.25) is 0 Å². The molecule has 0 radical (unpaired) electrons. The van der Waals surface area contributed by atoms with Gasteiger partial charge in [-0.1, -0.05) is 13.8 Å². The van der Waals surface area contributed by atoms with Crippen molar-refractivity contribution in [3.8, 4) is 0 Å². The molecule has 1 aromatic heterocycles. The first-order valence-corrected chi connectivity index (χ1v) is 5.78. The summed E-state index contributed by atoms with van der Waals surface area (Å²) >= 11 is 0. The first-order chi connectivity index (χ1) is 8.70. The van der Waals surface area contributed by atoms with Gasteiger partial charge in [-0.2, -0.15) is 18.3 Å². The number of alkyl halides is 3.